The van der Waals surface area contributed by atoms with Gasteiger partial charge >= 0.3 is 0 Å². The summed E-state index contributed by atoms with van der Waals surface area (Å²) in [6, 6.07) is 24.7. The fraction of sp³-hybridized carbons (Fsp3) is 0.182. The monoisotopic (exact) mass is 531 g/mol. The van der Waals surface area contributed by atoms with E-state index < -0.39 is 23.4 Å². The molecule has 1 aliphatic carbocycles. The highest BCUT2D eigenvalue weighted by Crippen LogP contribution is 2.62. The van der Waals surface area contributed by atoms with E-state index in [0.29, 0.717) is 33.9 Å². The van der Waals surface area contributed by atoms with Crippen LogP contribution in [0, 0.1) is 5.41 Å². The average molecular weight is 532 g/mol. The molecule has 39 heavy (non-hydrogen) atoms. The first-order valence-electron chi connectivity index (χ1n) is 13.1. The number of carbonyl (C=O) groups is 3. The first kappa shape index (κ1) is 23.8. The van der Waals surface area contributed by atoms with E-state index in [0.717, 1.165) is 11.3 Å². The van der Waals surface area contributed by atoms with E-state index in [1.54, 1.807) is 24.3 Å². The van der Waals surface area contributed by atoms with E-state index >= 15 is 0 Å². The molecule has 1 spiro atoms. The van der Waals surface area contributed by atoms with Crippen molar-refractivity contribution in [2.45, 2.75) is 24.9 Å². The van der Waals surface area contributed by atoms with Crippen LogP contribution in [0.15, 0.2) is 96.4 Å². The largest absolute Gasteiger partial charge is 0.494 e. The SMILES string of the molecule is CCOc1ccccc1[C@H]1[C@H](C(=O)c2cccs2)N2c3ccccc3C=C[C@@H]2C12C(=O)c1ccccc1C2=O. The Bertz CT molecular complexity index is 1640. The molecule has 4 aromatic rings. The Kier molecular flexibility index (Phi) is 5.42. The number of nitrogens with zero attached hydrogens (tertiary/aromatic N) is 1. The Hall–Kier alpha value is -4.29. The number of Topliss-reactive ketones (excluding diaryl/α,β-unsaturated/α-hetero) is 3. The second-order valence-corrected chi connectivity index (χ2v) is 11.0. The van der Waals surface area contributed by atoms with Crippen molar-refractivity contribution < 1.29 is 19.1 Å². The van der Waals surface area contributed by atoms with Crippen molar-refractivity contribution in [1.29, 1.82) is 0 Å². The minimum atomic E-state index is -1.53. The van der Waals surface area contributed by atoms with Crippen molar-refractivity contribution in [2.75, 3.05) is 11.5 Å². The van der Waals surface area contributed by atoms with Gasteiger partial charge in [0.1, 0.15) is 17.2 Å². The van der Waals surface area contributed by atoms with Gasteiger partial charge in [0.15, 0.2) is 17.3 Å². The molecular weight excluding hydrogens is 506 g/mol. The summed E-state index contributed by atoms with van der Waals surface area (Å²) in [6.45, 7) is 2.32. The van der Waals surface area contributed by atoms with Gasteiger partial charge in [-0.3, -0.25) is 14.4 Å². The summed E-state index contributed by atoms with van der Waals surface area (Å²) in [5.74, 6) is -0.769. The number of hydrogen-bond acceptors (Lipinski definition) is 6. The molecule has 3 aliphatic rings. The Labute approximate surface area is 230 Å². The molecule has 5 nitrogen and oxygen atoms in total. The van der Waals surface area contributed by atoms with E-state index in [1.807, 2.05) is 90.0 Å². The maximum absolute atomic E-state index is 14.7. The van der Waals surface area contributed by atoms with Crippen molar-refractivity contribution in [3.63, 3.8) is 0 Å². The first-order valence-corrected chi connectivity index (χ1v) is 14.0. The number of ether oxygens (including phenoxy) is 1. The molecule has 7 rings (SSSR count). The molecule has 0 unspecified atom stereocenters. The fourth-order valence-electron chi connectivity index (χ4n) is 6.85. The summed E-state index contributed by atoms with van der Waals surface area (Å²) in [6.07, 6.45) is 3.92. The van der Waals surface area contributed by atoms with E-state index in [4.69, 9.17) is 4.74 Å². The molecule has 0 N–H and O–H groups in total. The maximum Gasteiger partial charge on any atom is 0.195 e. The van der Waals surface area contributed by atoms with Gasteiger partial charge in [0.05, 0.1) is 17.5 Å². The first-order chi connectivity index (χ1) is 19.1. The molecule has 6 heteroatoms. The van der Waals surface area contributed by atoms with E-state index in [1.165, 1.54) is 11.3 Å². The normalized spacial score (nSPS) is 22.1. The maximum atomic E-state index is 14.7. The number of rotatable bonds is 5. The standard InChI is InChI=1S/C33H25NO4S/c1-2-38-25-15-8-6-13-23(25)28-29(30(35)26-16-9-19-39-26)34-24-14-7-3-10-20(24)17-18-27(34)33(28)31(36)21-11-4-5-12-22(21)32(33)37/h3-19,27-29H,2H2,1H3/t27-,28+,29-/m1/s1. The van der Waals surface area contributed by atoms with Gasteiger partial charge in [0.2, 0.25) is 0 Å². The lowest BCUT2D eigenvalue weighted by Gasteiger charge is -2.37. The van der Waals surface area contributed by atoms with Gasteiger partial charge < -0.3 is 9.64 Å². The molecule has 0 amide bonds. The van der Waals surface area contributed by atoms with Gasteiger partial charge in [0.25, 0.3) is 0 Å². The zero-order valence-electron chi connectivity index (χ0n) is 21.2. The van der Waals surface area contributed by atoms with Crippen LogP contribution in [0.2, 0.25) is 0 Å². The smallest absolute Gasteiger partial charge is 0.195 e. The van der Waals surface area contributed by atoms with Crippen LogP contribution in [0.3, 0.4) is 0 Å². The summed E-state index contributed by atoms with van der Waals surface area (Å²) in [5.41, 5.74) is 1.78. The molecule has 3 heterocycles. The molecule has 1 saturated heterocycles. The van der Waals surface area contributed by atoms with Crippen LogP contribution in [-0.4, -0.2) is 36.0 Å². The number of benzene rings is 3. The molecule has 1 aromatic heterocycles. The molecule has 0 radical (unpaired) electrons. The van der Waals surface area contributed by atoms with E-state index in [9.17, 15) is 14.4 Å². The molecule has 3 aromatic carbocycles. The van der Waals surface area contributed by atoms with Gasteiger partial charge in [-0.2, -0.15) is 0 Å². The lowest BCUT2D eigenvalue weighted by atomic mass is 9.64. The summed E-state index contributed by atoms with van der Waals surface area (Å²) < 4.78 is 6.07. The Morgan fingerprint density at radius 1 is 0.897 bits per heavy atom. The molecule has 0 bridgehead atoms. The quantitative estimate of drug-likeness (QED) is 0.218. The van der Waals surface area contributed by atoms with Crippen LogP contribution >= 0.6 is 11.3 Å². The number of ketones is 3. The zero-order chi connectivity index (χ0) is 26.7. The highest BCUT2D eigenvalue weighted by molar-refractivity contribution is 7.12. The number of hydrogen-bond donors (Lipinski definition) is 0. The zero-order valence-corrected chi connectivity index (χ0v) is 22.1. The number of fused-ring (bicyclic) bond motifs is 5. The third-order valence-electron chi connectivity index (χ3n) is 8.30. The van der Waals surface area contributed by atoms with E-state index in [2.05, 4.69) is 0 Å². The van der Waals surface area contributed by atoms with Crippen molar-refractivity contribution in [3.05, 3.63) is 124 Å². The summed E-state index contributed by atoms with van der Waals surface area (Å²) >= 11 is 1.37. The van der Waals surface area contributed by atoms with Crippen LogP contribution in [0.1, 0.15) is 54.4 Å². The topological polar surface area (TPSA) is 63.7 Å². The highest BCUT2D eigenvalue weighted by Gasteiger charge is 2.72. The molecule has 2 aliphatic heterocycles. The Balaban J connectivity index is 1.57. The van der Waals surface area contributed by atoms with Crippen molar-refractivity contribution in [1.82, 2.24) is 0 Å². The molecule has 1 fully saturated rings. The number of anilines is 1. The summed E-state index contributed by atoms with van der Waals surface area (Å²) in [7, 11) is 0. The summed E-state index contributed by atoms with van der Waals surface area (Å²) in [5, 5.41) is 1.88. The van der Waals surface area contributed by atoms with Crippen LogP contribution in [0.4, 0.5) is 5.69 Å². The Morgan fingerprint density at radius 2 is 1.59 bits per heavy atom. The predicted molar refractivity (Wildman–Crippen MR) is 152 cm³/mol. The van der Waals surface area contributed by atoms with E-state index in [-0.39, 0.29) is 17.3 Å². The molecular formula is C33H25NO4S. The second kappa shape index (κ2) is 8.89. The van der Waals surface area contributed by atoms with Crippen LogP contribution in [0.5, 0.6) is 5.75 Å². The molecule has 3 atom stereocenters. The average Bonchev–Trinajstić information content (AvgIpc) is 3.67. The highest BCUT2D eigenvalue weighted by atomic mass is 32.1. The van der Waals surface area contributed by atoms with Gasteiger partial charge in [-0.1, -0.05) is 78.9 Å². The van der Waals surface area contributed by atoms with Crippen LogP contribution in [-0.2, 0) is 0 Å². The van der Waals surface area contributed by atoms with Crippen molar-refractivity contribution in [3.8, 4) is 5.75 Å². The third kappa shape index (κ3) is 3.15. The fourth-order valence-corrected chi connectivity index (χ4v) is 7.55. The molecule has 0 saturated carbocycles. The van der Waals surface area contributed by atoms with Crippen molar-refractivity contribution in [2.24, 2.45) is 5.41 Å². The lowest BCUT2D eigenvalue weighted by Crippen LogP contribution is -2.48. The van der Waals surface area contributed by atoms with Crippen LogP contribution < -0.4 is 9.64 Å². The van der Waals surface area contributed by atoms with Crippen LogP contribution in [0.25, 0.3) is 6.08 Å². The minimum absolute atomic E-state index is 0.107. The molecule has 192 valence electrons. The van der Waals surface area contributed by atoms with Gasteiger partial charge in [-0.25, -0.2) is 0 Å². The number of para-hydroxylation sites is 2. The van der Waals surface area contributed by atoms with Gasteiger partial charge in [-0.15, -0.1) is 11.3 Å². The summed E-state index contributed by atoms with van der Waals surface area (Å²) in [4.78, 5) is 46.5. The predicted octanol–water partition coefficient (Wildman–Crippen LogP) is 6.46. The van der Waals surface area contributed by atoms with Gasteiger partial charge in [0, 0.05) is 28.3 Å². The Morgan fingerprint density at radius 3 is 2.31 bits per heavy atom. The second-order valence-electron chi connectivity index (χ2n) is 10.1. The number of carbonyl (C=O) groups excluding carboxylic acids is 3. The van der Waals surface area contributed by atoms with Gasteiger partial charge in [-0.05, 0) is 36.1 Å². The lowest BCUT2D eigenvalue weighted by molar-refractivity contribution is 0.0664. The number of thiophene rings is 1. The van der Waals surface area contributed by atoms with Crippen molar-refractivity contribution >= 4 is 40.4 Å². The third-order valence-corrected chi connectivity index (χ3v) is 9.18. The minimum Gasteiger partial charge on any atom is -0.494 e.